The van der Waals surface area contributed by atoms with Crippen LogP contribution in [0.25, 0.3) is 0 Å². The molecule has 3 rings (SSSR count). The summed E-state index contributed by atoms with van der Waals surface area (Å²) in [6.45, 7) is 5.92. The van der Waals surface area contributed by atoms with Crippen molar-refractivity contribution < 1.29 is 14.3 Å². The van der Waals surface area contributed by atoms with Crippen LogP contribution in [0.5, 0.6) is 5.75 Å². The number of carbonyl (C=O) groups is 2. The van der Waals surface area contributed by atoms with E-state index in [9.17, 15) is 9.59 Å². The zero-order valence-corrected chi connectivity index (χ0v) is 20.6. The Labute approximate surface area is 206 Å². The molecular formula is C28H31ClN2O3. The normalized spacial score (nSPS) is 11.7. The highest BCUT2D eigenvalue weighted by Crippen LogP contribution is 2.19. The van der Waals surface area contributed by atoms with Crippen molar-refractivity contribution in [3.63, 3.8) is 0 Å². The molecule has 0 aliphatic carbocycles. The number of rotatable bonds is 10. The molecule has 0 aliphatic heterocycles. The molecule has 0 saturated carbocycles. The second kappa shape index (κ2) is 12.2. The number of aryl methyl sites for hydroxylation is 1. The third-order valence-corrected chi connectivity index (χ3v) is 5.53. The molecule has 1 atom stereocenters. The first-order valence-electron chi connectivity index (χ1n) is 11.4. The molecule has 1 N–H and O–H groups in total. The van der Waals surface area contributed by atoms with Gasteiger partial charge in [0, 0.05) is 24.0 Å². The van der Waals surface area contributed by atoms with E-state index in [1.165, 1.54) is 0 Å². The topological polar surface area (TPSA) is 58.6 Å². The van der Waals surface area contributed by atoms with Crippen LogP contribution in [0.15, 0.2) is 78.9 Å². The van der Waals surface area contributed by atoms with Crippen LogP contribution in [0.4, 0.5) is 0 Å². The fourth-order valence-electron chi connectivity index (χ4n) is 3.73. The molecule has 5 nitrogen and oxygen atoms in total. The fraction of sp³-hybridized carbons (Fsp3) is 0.286. The Morgan fingerprint density at radius 3 is 2.32 bits per heavy atom. The van der Waals surface area contributed by atoms with Gasteiger partial charge in [0.15, 0.2) is 6.61 Å². The molecule has 2 amide bonds. The number of carbonyl (C=O) groups excluding carboxylic acids is 2. The number of amides is 2. The highest BCUT2D eigenvalue weighted by Gasteiger charge is 2.31. The van der Waals surface area contributed by atoms with Crippen molar-refractivity contribution in [3.8, 4) is 5.75 Å². The Balaban J connectivity index is 1.91. The molecule has 0 radical (unpaired) electrons. The van der Waals surface area contributed by atoms with Crippen molar-refractivity contribution in [3.05, 3.63) is 101 Å². The van der Waals surface area contributed by atoms with E-state index in [2.05, 4.69) is 5.32 Å². The lowest BCUT2D eigenvalue weighted by Crippen LogP contribution is -2.52. The van der Waals surface area contributed by atoms with Crippen molar-refractivity contribution in [1.29, 1.82) is 0 Å². The molecule has 0 spiro atoms. The van der Waals surface area contributed by atoms with Gasteiger partial charge in [-0.2, -0.15) is 0 Å². The first-order chi connectivity index (χ1) is 16.3. The molecule has 0 saturated heterocycles. The minimum atomic E-state index is -0.694. The molecule has 0 heterocycles. The minimum Gasteiger partial charge on any atom is -0.484 e. The van der Waals surface area contributed by atoms with E-state index in [4.69, 9.17) is 16.3 Å². The number of nitrogens with zero attached hydrogens (tertiary/aromatic N) is 1. The Hall–Kier alpha value is -3.31. The van der Waals surface area contributed by atoms with E-state index in [1.807, 2.05) is 75.4 Å². The number of hydrogen-bond acceptors (Lipinski definition) is 3. The van der Waals surface area contributed by atoms with Crippen molar-refractivity contribution in [2.75, 3.05) is 6.61 Å². The Morgan fingerprint density at radius 2 is 1.65 bits per heavy atom. The number of nitrogens with one attached hydrogen (secondary N) is 1. The van der Waals surface area contributed by atoms with E-state index in [0.29, 0.717) is 23.7 Å². The van der Waals surface area contributed by atoms with Crippen molar-refractivity contribution >= 4 is 23.4 Å². The summed E-state index contributed by atoms with van der Waals surface area (Å²) in [5.74, 6) is 0.0338. The molecule has 0 unspecified atom stereocenters. The molecule has 0 aromatic heterocycles. The maximum Gasteiger partial charge on any atom is 0.261 e. The summed E-state index contributed by atoms with van der Waals surface area (Å²) in [7, 11) is 0. The first kappa shape index (κ1) is 25.3. The van der Waals surface area contributed by atoms with Crippen LogP contribution in [0.3, 0.4) is 0 Å². The van der Waals surface area contributed by atoms with E-state index < -0.39 is 6.04 Å². The van der Waals surface area contributed by atoms with Crippen LogP contribution in [-0.4, -0.2) is 35.4 Å². The monoisotopic (exact) mass is 478 g/mol. The number of ether oxygens (including phenoxy) is 1. The van der Waals surface area contributed by atoms with Gasteiger partial charge in [0.05, 0.1) is 0 Å². The minimum absolute atomic E-state index is 0.0515. The summed E-state index contributed by atoms with van der Waals surface area (Å²) in [4.78, 5) is 28.4. The molecule has 0 bridgehead atoms. The number of hydrogen-bond donors (Lipinski definition) is 1. The SMILES string of the molecule is Cc1cccc(CN(C(=O)COc2cccc(Cl)c2)[C@H](Cc2ccccc2)C(=O)NC(C)C)c1. The predicted molar refractivity (Wildman–Crippen MR) is 136 cm³/mol. The third-order valence-electron chi connectivity index (χ3n) is 5.30. The number of benzene rings is 3. The second-order valence-electron chi connectivity index (χ2n) is 8.63. The van der Waals surface area contributed by atoms with Gasteiger partial charge in [-0.3, -0.25) is 9.59 Å². The van der Waals surface area contributed by atoms with Crippen molar-refractivity contribution in [2.24, 2.45) is 0 Å². The summed E-state index contributed by atoms with van der Waals surface area (Å²) in [5, 5.41) is 3.51. The molecule has 6 heteroatoms. The fourth-order valence-corrected chi connectivity index (χ4v) is 3.91. The van der Waals surface area contributed by atoms with Crippen LogP contribution >= 0.6 is 11.6 Å². The van der Waals surface area contributed by atoms with E-state index in [0.717, 1.165) is 16.7 Å². The molecule has 0 fully saturated rings. The lowest BCUT2D eigenvalue weighted by Gasteiger charge is -2.32. The van der Waals surface area contributed by atoms with Crippen LogP contribution < -0.4 is 10.1 Å². The van der Waals surface area contributed by atoms with Gasteiger partial charge in [-0.15, -0.1) is 0 Å². The zero-order valence-electron chi connectivity index (χ0n) is 19.8. The smallest absolute Gasteiger partial charge is 0.261 e. The van der Waals surface area contributed by atoms with Crippen LogP contribution in [0, 0.1) is 6.92 Å². The standard InChI is InChI=1S/C28H31ClN2O3/c1-20(2)30-28(33)26(16-22-10-5-4-6-11-22)31(18-23-12-7-9-21(3)15-23)27(32)19-34-25-14-8-13-24(29)17-25/h4-15,17,20,26H,16,18-19H2,1-3H3,(H,30,33)/t26-/m1/s1. The average Bonchev–Trinajstić information content (AvgIpc) is 2.80. The average molecular weight is 479 g/mol. The Kier molecular flexibility index (Phi) is 9.11. The van der Waals surface area contributed by atoms with Gasteiger partial charge >= 0.3 is 0 Å². The molecule has 178 valence electrons. The highest BCUT2D eigenvalue weighted by molar-refractivity contribution is 6.30. The zero-order chi connectivity index (χ0) is 24.5. The Morgan fingerprint density at radius 1 is 0.941 bits per heavy atom. The van der Waals surface area contributed by atoms with Crippen LogP contribution in [0.2, 0.25) is 5.02 Å². The van der Waals surface area contributed by atoms with Gasteiger partial charge < -0.3 is 15.0 Å². The maximum atomic E-state index is 13.5. The lowest BCUT2D eigenvalue weighted by molar-refractivity contribution is -0.143. The molecule has 3 aromatic carbocycles. The molecule has 3 aromatic rings. The summed E-state index contributed by atoms with van der Waals surface area (Å²) in [6.07, 6.45) is 0.397. The first-order valence-corrected chi connectivity index (χ1v) is 11.8. The lowest BCUT2D eigenvalue weighted by atomic mass is 10.0. The summed E-state index contributed by atoms with van der Waals surface area (Å²) in [5.41, 5.74) is 3.02. The summed E-state index contributed by atoms with van der Waals surface area (Å²) < 4.78 is 5.74. The second-order valence-corrected chi connectivity index (χ2v) is 9.06. The van der Waals surface area contributed by atoms with Crippen LogP contribution in [0.1, 0.15) is 30.5 Å². The van der Waals surface area contributed by atoms with Gasteiger partial charge in [0.1, 0.15) is 11.8 Å². The van der Waals surface area contributed by atoms with Crippen LogP contribution in [-0.2, 0) is 22.6 Å². The highest BCUT2D eigenvalue weighted by atomic mass is 35.5. The quantitative estimate of drug-likeness (QED) is 0.436. The van der Waals surface area contributed by atoms with Crippen molar-refractivity contribution in [2.45, 2.75) is 45.8 Å². The molecule has 0 aliphatic rings. The van der Waals surface area contributed by atoms with E-state index in [-0.39, 0.29) is 24.5 Å². The molecule has 34 heavy (non-hydrogen) atoms. The predicted octanol–water partition coefficient (Wildman–Crippen LogP) is 5.19. The third kappa shape index (κ3) is 7.63. The Bertz CT molecular complexity index is 1100. The number of halogens is 1. The molecular weight excluding hydrogens is 448 g/mol. The largest absolute Gasteiger partial charge is 0.484 e. The van der Waals surface area contributed by atoms with Gasteiger partial charge in [-0.05, 0) is 50.1 Å². The maximum absolute atomic E-state index is 13.5. The van der Waals surface area contributed by atoms with E-state index in [1.54, 1.807) is 29.2 Å². The van der Waals surface area contributed by atoms with Gasteiger partial charge in [0.25, 0.3) is 5.91 Å². The van der Waals surface area contributed by atoms with Gasteiger partial charge in [-0.1, -0.05) is 77.8 Å². The van der Waals surface area contributed by atoms with Crippen molar-refractivity contribution in [1.82, 2.24) is 10.2 Å². The van der Waals surface area contributed by atoms with E-state index >= 15 is 0 Å². The van der Waals surface area contributed by atoms with Gasteiger partial charge in [0.2, 0.25) is 5.91 Å². The summed E-state index contributed by atoms with van der Waals surface area (Å²) in [6, 6.07) is 23.8. The summed E-state index contributed by atoms with van der Waals surface area (Å²) >= 11 is 6.05. The van der Waals surface area contributed by atoms with Gasteiger partial charge in [-0.25, -0.2) is 0 Å².